The number of rotatable bonds is 5. The second-order valence-corrected chi connectivity index (χ2v) is 6.29. The standard InChI is InChI=1S/C22H21N3O3/c1-15-21(16(2)25(24-15)19-7-5-4-6-8-19)13-14-22(27)28-20-11-9-18(10-12-20)23-17(3)26/h4-14H,1-3H3,(H,23,26)/b14-13+. The van der Waals surface area contributed by atoms with Crippen LogP contribution in [0, 0.1) is 13.8 Å². The van der Waals surface area contributed by atoms with Gasteiger partial charge in [-0.05, 0) is 56.3 Å². The van der Waals surface area contributed by atoms with Crippen molar-refractivity contribution in [2.24, 2.45) is 0 Å². The van der Waals surface area contributed by atoms with Crippen LogP contribution in [0.5, 0.6) is 5.75 Å². The van der Waals surface area contributed by atoms with Crippen molar-refractivity contribution in [1.29, 1.82) is 0 Å². The highest BCUT2D eigenvalue weighted by Gasteiger charge is 2.11. The first-order valence-electron chi connectivity index (χ1n) is 8.83. The van der Waals surface area contributed by atoms with Gasteiger partial charge in [0.2, 0.25) is 5.91 Å². The van der Waals surface area contributed by atoms with Crippen molar-refractivity contribution >= 4 is 23.6 Å². The van der Waals surface area contributed by atoms with Gasteiger partial charge in [0.15, 0.2) is 0 Å². The molecule has 2 aromatic carbocycles. The van der Waals surface area contributed by atoms with Gasteiger partial charge in [-0.2, -0.15) is 5.10 Å². The zero-order valence-electron chi connectivity index (χ0n) is 16.0. The number of carbonyl (C=O) groups excluding carboxylic acids is 2. The molecule has 28 heavy (non-hydrogen) atoms. The van der Waals surface area contributed by atoms with Crippen LogP contribution in [0.25, 0.3) is 11.8 Å². The minimum Gasteiger partial charge on any atom is -0.423 e. The summed E-state index contributed by atoms with van der Waals surface area (Å²) < 4.78 is 7.15. The molecule has 1 N–H and O–H groups in total. The summed E-state index contributed by atoms with van der Waals surface area (Å²) in [6.45, 7) is 5.29. The smallest absolute Gasteiger partial charge is 0.336 e. The maximum absolute atomic E-state index is 12.1. The van der Waals surface area contributed by atoms with Crippen molar-refractivity contribution < 1.29 is 14.3 Å². The van der Waals surface area contributed by atoms with E-state index >= 15 is 0 Å². The minimum absolute atomic E-state index is 0.158. The first-order valence-corrected chi connectivity index (χ1v) is 8.83. The van der Waals surface area contributed by atoms with E-state index in [1.54, 1.807) is 30.3 Å². The third-order valence-corrected chi connectivity index (χ3v) is 4.13. The average Bonchev–Trinajstić information content (AvgIpc) is 2.96. The fraction of sp³-hybridized carbons (Fsp3) is 0.136. The Morgan fingerprint density at radius 2 is 1.71 bits per heavy atom. The van der Waals surface area contributed by atoms with Crippen LogP contribution in [0.4, 0.5) is 5.69 Å². The lowest BCUT2D eigenvalue weighted by Gasteiger charge is -2.04. The van der Waals surface area contributed by atoms with Crippen molar-refractivity contribution in [3.8, 4) is 11.4 Å². The van der Waals surface area contributed by atoms with Crippen molar-refractivity contribution in [2.45, 2.75) is 20.8 Å². The number of anilines is 1. The number of nitrogens with zero attached hydrogens (tertiary/aromatic N) is 2. The van der Waals surface area contributed by atoms with E-state index in [-0.39, 0.29) is 5.91 Å². The molecule has 0 saturated heterocycles. The van der Waals surface area contributed by atoms with Gasteiger partial charge in [-0.3, -0.25) is 4.79 Å². The second-order valence-electron chi connectivity index (χ2n) is 6.29. The van der Waals surface area contributed by atoms with Gasteiger partial charge >= 0.3 is 5.97 Å². The molecule has 1 amide bonds. The molecule has 0 fully saturated rings. The second kappa shape index (κ2) is 8.35. The Hall–Kier alpha value is -3.67. The van der Waals surface area contributed by atoms with Gasteiger partial charge in [0.05, 0.1) is 11.4 Å². The number of aryl methyl sites for hydroxylation is 1. The molecule has 3 rings (SSSR count). The molecule has 0 unspecified atom stereocenters. The first-order chi connectivity index (χ1) is 13.4. The van der Waals surface area contributed by atoms with Crippen LogP contribution in [0.15, 0.2) is 60.7 Å². The van der Waals surface area contributed by atoms with E-state index in [0.29, 0.717) is 11.4 Å². The highest BCUT2D eigenvalue weighted by Crippen LogP contribution is 2.20. The SMILES string of the molecule is CC(=O)Nc1ccc(OC(=O)/C=C/c2c(C)nn(-c3ccccc3)c2C)cc1. The molecule has 0 aliphatic heterocycles. The number of amides is 1. The Balaban J connectivity index is 1.71. The minimum atomic E-state index is -0.487. The van der Waals surface area contributed by atoms with Crippen LogP contribution >= 0.6 is 0 Å². The summed E-state index contributed by atoms with van der Waals surface area (Å²) in [7, 11) is 0. The molecule has 142 valence electrons. The van der Waals surface area contributed by atoms with Crippen molar-refractivity contribution in [2.75, 3.05) is 5.32 Å². The number of nitrogens with one attached hydrogen (secondary N) is 1. The summed E-state index contributed by atoms with van der Waals surface area (Å²) in [5.74, 6) is -0.245. The molecule has 1 heterocycles. The Bertz CT molecular complexity index is 1020. The normalized spacial score (nSPS) is 10.8. The monoisotopic (exact) mass is 375 g/mol. The van der Waals surface area contributed by atoms with Crippen molar-refractivity contribution in [3.63, 3.8) is 0 Å². The predicted molar refractivity (Wildman–Crippen MR) is 108 cm³/mol. The van der Waals surface area contributed by atoms with E-state index in [0.717, 1.165) is 22.6 Å². The summed E-state index contributed by atoms with van der Waals surface area (Å²) in [5, 5.41) is 7.21. The number of carbonyl (C=O) groups is 2. The molecule has 3 aromatic rings. The number of aromatic nitrogens is 2. The number of ether oxygens (including phenoxy) is 1. The molecule has 1 aromatic heterocycles. The fourth-order valence-corrected chi connectivity index (χ4v) is 2.83. The highest BCUT2D eigenvalue weighted by molar-refractivity contribution is 5.90. The quantitative estimate of drug-likeness (QED) is 0.414. The number of esters is 1. The molecule has 6 heteroatoms. The van der Waals surface area contributed by atoms with Gasteiger partial charge in [0.25, 0.3) is 0 Å². The van der Waals surface area contributed by atoms with Gasteiger partial charge in [0, 0.05) is 29.9 Å². The summed E-state index contributed by atoms with van der Waals surface area (Å²) in [4.78, 5) is 23.2. The third kappa shape index (κ3) is 4.54. The van der Waals surface area contributed by atoms with Crippen LogP contribution in [-0.2, 0) is 9.59 Å². The van der Waals surface area contributed by atoms with E-state index < -0.39 is 5.97 Å². The number of benzene rings is 2. The van der Waals surface area contributed by atoms with E-state index in [4.69, 9.17) is 4.74 Å². The van der Waals surface area contributed by atoms with Gasteiger partial charge in [0.1, 0.15) is 5.75 Å². The van der Waals surface area contributed by atoms with E-state index in [2.05, 4.69) is 10.4 Å². The molecule has 0 saturated carbocycles. The van der Waals surface area contributed by atoms with E-state index in [1.807, 2.05) is 48.9 Å². The molecule has 0 spiro atoms. The lowest BCUT2D eigenvalue weighted by atomic mass is 10.2. The van der Waals surface area contributed by atoms with Gasteiger partial charge in [-0.1, -0.05) is 18.2 Å². The summed E-state index contributed by atoms with van der Waals surface area (Å²) in [6, 6.07) is 16.4. The Labute approximate surface area is 163 Å². The van der Waals surface area contributed by atoms with E-state index in [1.165, 1.54) is 13.0 Å². The molecule has 6 nitrogen and oxygen atoms in total. The largest absolute Gasteiger partial charge is 0.423 e. The Kier molecular flexibility index (Phi) is 5.69. The maximum Gasteiger partial charge on any atom is 0.336 e. The van der Waals surface area contributed by atoms with Crippen LogP contribution in [0.3, 0.4) is 0 Å². The molecule has 0 radical (unpaired) electrons. The first kappa shape index (κ1) is 19.1. The van der Waals surface area contributed by atoms with Gasteiger partial charge < -0.3 is 10.1 Å². The average molecular weight is 375 g/mol. The number of hydrogen-bond acceptors (Lipinski definition) is 4. The summed E-state index contributed by atoms with van der Waals surface area (Å²) >= 11 is 0. The number of para-hydroxylation sites is 1. The van der Waals surface area contributed by atoms with E-state index in [9.17, 15) is 9.59 Å². The molecule has 0 aliphatic carbocycles. The van der Waals surface area contributed by atoms with Crippen LogP contribution in [0.2, 0.25) is 0 Å². The Morgan fingerprint density at radius 1 is 1.04 bits per heavy atom. The maximum atomic E-state index is 12.1. The molecular weight excluding hydrogens is 354 g/mol. The summed E-state index contributed by atoms with van der Waals surface area (Å²) in [6.07, 6.45) is 3.10. The highest BCUT2D eigenvalue weighted by atomic mass is 16.5. The molecular formula is C22H21N3O3. The summed E-state index contributed by atoms with van der Waals surface area (Å²) in [5.41, 5.74) is 4.24. The lowest BCUT2D eigenvalue weighted by Crippen LogP contribution is -2.06. The molecule has 0 bridgehead atoms. The van der Waals surface area contributed by atoms with Crippen molar-refractivity contribution in [1.82, 2.24) is 9.78 Å². The van der Waals surface area contributed by atoms with Crippen LogP contribution in [-0.4, -0.2) is 21.7 Å². The topological polar surface area (TPSA) is 73.2 Å². The lowest BCUT2D eigenvalue weighted by molar-refractivity contribution is -0.128. The molecule has 0 atom stereocenters. The van der Waals surface area contributed by atoms with Crippen molar-refractivity contribution in [3.05, 3.63) is 77.6 Å². The predicted octanol–water partition coefficient (Wildman–Crippen LogP) is 4.07. The van der Waals surface area contributed by atoms with Crippen LogP contribution < -0.4 is 10.1 Å². The Morgan fingerprint density at radius 3 is 2.36 bits per heavy atom. The van der Waals surface area contributed by atoms with Gasteiger partial charge in [-0.15, -0.1) is 0 Å². The van der Waals surface area contributed by atoms with Crippen LogP contribution in [0.1, 0.15) is 23.9 Å². The van der Waals surface area contributed by atoms with Gasteiger partial charge in [-0.25, -0.2) is 9.48 Å². The zero-order chi connectivity index (χ0) is 20.1. The number of hydrogen-bond donors (Lipinski definition) is 1. The fourth-order valence-electron chi connectivity index (χ4n) is 2.83. The molecule has 0 aliphatic rings. The third-order valence-electron chi connectivity index (χ3n) is 4.13. The zero-order valence-corrected chi connectivity index (χ0v) is 16.0.